The molecule has 1 heterocycles. The maximum atomic E-state index is 11.5. The van der Waals surface area contributed by atoms with E-state index in [2.05, 4.69) is 26.2 Å². The number of aromatic nitrogens is 2. The van der Waals surface area contributed by atoms with Crippen LogP contribution in [-0.4, -0.2) is 21.0 Å². The van der Waals surface area contributed by atoms with Crippen molar-refractivity contribution in [2.45, 2.75) is 6.54 Å². The van der Waals surface area contributed by atoms with Gasteiger partial charge in [0.05, 0.1) is 11.1 Å². The molecule has 0 radical (unpaired) electrons. The molecule has 104 valence electrons. The van der Waals surface area contributed by atoms with Crippen LogP contribution in [0.1, 0.15) is 0 Å². The Hall–Kier alpha value is -2.22. The molecule has 2 aromatic rings. The van der Waals surface area contributed by atoms with Gasteiger partial charge in [0.2, 0.25) is 0 Å². The Labute approximate surface area is 122 Å². The molecule has 2 rings (SSSR count). The van der Waals surface area contributed by atoms with Gasteiger partial charge in [-0.05, 0) is 18.2 Å². The van der Waals surface area contributed by atoms with Crippen LogP contribution in [0.3, 0.4) is 0 Å². The highest BCUT2D eigenvalue weighted by molar-refractivity contribution is 9.10. The number of benzene rings is 1. The second kappa shape index (κ2) is 6.29. The minimum absolute atomic E-state index is 0.202. The first kappa shape index (κ1) is 14.2. The summed E-state index contributed by atoms with van der Waals surface area (Å²) in [6.07, 6.45) is 2.15. The Morgan fingerprint density at radius 2 is 2.25 bits per heavy atom. The van der Waals surface area contributed by atoms with Crippen LogP contribution >= 0.6 is 15.9 Å². The van der Waals surface area contributed by atoms with Gasteiger partial charge in [0, 0.05) is 23.2 Å². The number of rotatable bonds is 5. The fourth-order valence-corrected chi connectivity index (χ4v) is 2.02. The fourth-order valence-electron chi connectivity index (χ4n) is 1.62. The molecule has 0 atom stereocenters. The number of nitrogens with one attached hydrogen (secondary N) is 1. The maximum absolute atomic E-state index is 11.5. The average Bonchev–Trinajstić information content (AvgIpc) is 2.40. The molecule has 1 aromatic carbocycles. The van der Waals surface area contributed by atoms with Gasteiger partial charge in [0.1, 0.15) is 6.20 Å². The standard InChI is InChI=1S/C12H11BrN4O3/c13-9-2-1-3-10(6-9)14-4-5-16-8-11(17(19)20)7-15-12(16)18/h1-3,6-8,14H,4-5H2. The lowest BCUT2D eigenvalue weighted by molar-refractivity contribution is -0.385. The minimum Gasteiger partial charge on any atom is -0.383 e. The zero-order chi connectivity index (χ0) is 14.5. The van der Waals surface area contributed by atoms with Crippen molar-refractivity contribution in [2.75, 3.05) is 11.9 Å². The minimum atomic E-state index is -0.579. The third-order valence-electron chi connectivity index (χ3n) is 2.56. The Bertz CT molecular complexity index is 686. The Balaban J connectivity index is 2.02. The van der Waals surface area contributed by atoms with E-state index in [9.17, 15) is 14.9 Å². The molecule has 0 aliphatic carbocycles. The van der Waals surface area contributed by atoms with Gasteiger partial charge < -0.3 is 5.32 Å². The average molecular weight is 339 g/mol. The SMILES string of the molecule is O=c1ncc([N+](=O)[O-])cn1CCNc1cccc(Br)c1. The van der Waals surface area contributed by atoms with E-state index in [0.29, 0.717) is 13.1 Å². The number of hydrogen-bond donors (Lipinski definition) is 1. The van der Waals surface area contributed by atoms with Crippen LogP contribution in [-0.2, 0) is 6.54 Å². The number of nitro groups is 1. The molecule has 20 heavy (non-hydrogen) atoms. The van der Waals surface area contributed by atoms with Crippen molar-refractivity contribution in [1.82, 2.24) is 9.55 Å². The summed E-state index contributed by atoms with van der Waals surface area (Å²) < 4.78 is 2.15. The highest BCUT2D eigenvalue weighted by Crippen LogP contribution is 2.15. The van der Waals surface area contributed by atoms with Gasteiger partial charge in [-0.3, -0.25) is 14.7 Å². The molecule has 0 bridgehead atoms. The number of hydrogen-bond acceptors (Lipinski definition) is 5. The van der Waals surface area contributed by atoms with Gasteiger partial charge in [-0.25, -0.2) is 4.79 Å². The van der Waals surface area contributed by atoms with Crippen molar-refractivity contribution in [2.24, 2.45) is 0 Å². The van der Waals surface area contributed by atoms with Crippen LogP contribution in [0.25, 0.3) is 0 Å². The fraction of sp³-hybridized carbons (Fsp3) is 0.167. The molecule has 8 heteroatoms. The van der Waals surface area contributed by atoms with E-state index in [-0.39, 0.29) is 5.69 Å². The summed E-state index contributed by atoms with van der Waals surface area (Å²) in [4.78, 5) is 25.0. The molecule has 0 aliphatic heterocycles. The summed E-state index contributed by atoms with van der Waals surface area (Å²) in [5.74, 6) is 0. The monoisotopic (exact) mass is 338 g/mol. The van der Waals surface area contributed by atoms with Crippen LogP contribution in [0.4, 0.5) is 11.4 Å². The van der Waals surface area contributed by atoms with E-state index >= 15 is 0 Å². The van der Waals surface area contributed by atoms with E-state index < -0.39 is 10.6 Å². The molecule has 0 unspecified atom stereocenters. The quantitative estimate of drug-likeness (QED) is 0.665. The van der Waals surface area contributed by atoms with Crippen LogP contribution in [0.5, 0.6) is 0 Å². The summed E-state index contributed by atoms with van der Waals surface area (Å²) in [7, 11) is 0. The topological polar surface area (TPSA) is 90.1 Å². The van der Waals surface area contributed by atoms with Crippen molar-refractivity contribution < 1.29 is 4.92 Å². The summed E-state index contributed by atoms with van der Waals surface area (Å²) in [6, 6.07) is 7.57. The van der Waals surface area contributed by atoms with Gasteiger partial charge in [0.15, 0.2) is 0 Å². The van der Waals surface area contributed by atoms with E-state index in [1.54, 1.807) is 0 Å². The predicted octanol–water partition coefficient (Wildman–Crippen LogP) is 2.03. The van der Waals surface area contributed by atoms with E-state index in [1.165, 1.54) is 10.8 Å². The van der Waals surface area contributed by atoms with E-state index in [1.807, 2.05) is 24.3 Å². The molecule has 7 nitrogen and oxygen atoms in total. The molecular weight excluding hydrogens is 328 g/mol. The third kappa shape index (κ3) is 3.64. The Morgan fingerprint density at radius 3 is 2.95 bits per heavy atom. The maximum Gasteiger partial charge on any atom is 0.348 e. The molecule has 0 amide bonds. The highest BCUT2D eigenvalue weighted by atomic mass is 79.9. The van der Waals surface area contributed by atoms with Crippen LogP contribution in [0.15, 0.2) is 45.9 Å². The summed E-state index contributed by atoms with van der Waals surface area (Å²) in [5.41, 5.74) is 0.185. The van der Waals surface area contributed by atoms with Gasteiger partial charge >= 0.3 is 11.4 Å². The number of nitrogens with zero attached hydrogens (tertiary/aromatic N) is 3. The third-order valence-corrected chi connectivity index (χ3v) is 3.05. The van der Waals surface area contributed by atoms with Crippen molar-refractivity contribution in [3.8, 4) is 0 Å². The Morgan fingerprint density at radius 1 is 1.45 bits per heavy atom. The van der Waals surface area contributed by atoms with Crippen molar-refractivity contribution in [3.05, 3.63) is 61.7 Å². The number of anilines is 1. The van der Waals surface area contributed by atoms with Crippen molar-refractivity contribution >= 4 is 27.3 Å². The summed E-state index contributed by atoms with van der Waals surface area (Å²) in [5, 5.41) is 13.7. The van der Waals surface area contributed by atoms with Crippen LogP contribution < -0.4 is 11.0 Å². The zero-order valence-corrected chi connectivity index (χ0v) is 11.9. The van der Waals surface area contributed by atoms with Gasteiger partial charge in [-0.1, -0.05) is 22.0 Å². The molecule has 1 N–H and O–H groups in total. The Kier molecular flexibility index (Phi) is 4.46. The molecule has 1 aromatic heterocycles. The largest absolute Gasteiger partial charge is 0.383 e. The predicted molar refractivity (Wildman–Crippen MR) is 77.8 cm³/mol. The van der Waals surface area contributed by atoms with Crippen molar-refractivity contribution in [1.29, 1.82) is 0 Å². The smallest absolute Gasteiger partial charge is 0.348 e. The molecule has 0 aliphatic rings. The first-order valence-corrected chi connectivity index (χ1v) is 6.56. The second-order valence-corrected chi connectivity index (χ2v) is 4.90. The molecule has 0 fully saturated rings. The van der Waals surface area contributed by atoms with Gasteiger partial charge in [-0.15, -0.1) is 0 Å². The lowest BCUT2D eigenvalue weighted by Gasteiger charge is -2.08. The second-order valence-electron chi connectivity index (χ2n) is 3.98. The van der Waals surface area contributed by atoms with Crippen LogP contribution in [0.2, 0.25) is 0 Å². The summed E-state index contributed by atoms with van der Waals surface area (Å²) >= 11 is 3.36. The molecule has 0 spiro atoms. The lowest BCUT2D eigenvalue weighted by Crippen LogP contribution is -2.25. The van der Waals surface area contributed by atoms with Gasteiger partial charge in [0.25, 0.3) is 0 Å². The van der Waals surface area contributed by atoms with Gasteiger partial charge in [-0.2, -0.15) is 4.98 Å². The first-order chi connectivity index (χ1) is 9.56. The molecule has 0 saturated carbocycles. The molecule has 0 saturated heterocycles. The summed E-state index contributed by atoms with van der Waals surface area (Å²) in [6.45, 7) is 0.749. The first-order valence-electron chi connectivity index (χ1n) is 5.76. The zero-order valence-electron chi connectivity index (χ0n) is 10.3. The van der Waals surface area contributed by atoms with Crippen LogP contribution in [0, 0.1) is 10.1 Å². The molecular formula is C12H11BrN4O3. The van der Waals surface area contributed by atoms with E-state index in [0.717, 1.165) is 16.4 Å². The highest BCUT2D eigenvalue weighted by Gasteiger charge is 2.08. The normalized spacial score (nSPS) is 10.2. The number of halogens is 1. The van der Waals surface area contributed by atoms with E-state index in [4.69, 9.17) is 0 Å². The lowest BCUT2D eigenvalue weighted by atomic mass is 10.3. The van der Waals surface area contributed by atoms with Crippen molar-refractivity contribution in [3.63, 3.8) is 0 Å².